The first-order valence-electron chi connectivity index (χ1n) is 6.77. The summed E-state index contributed by atoms with van der Waals surface area (Å²) < 4.78 is 5.58. The zero-order chi connectivity index (χ0) is 16.3. The maximum atomic E-state index is 11.4. The molecule has 1 N–H and O–H groups in total. The molecule has 1 atom stereocenters. The normalized spacial score (nSPS) is 12.0. The highest BCUT2D eigenvalue weighted by atomic mass is 35.5. The number of carboxylic acids is 1. The molecule has 0 bridgehead atoms. The molecule has 0 saturated carbocycles. The number of carbonyl (C=O) groups is 1. The number of ether oxygens (including phenoxy) is 1. The van der Waals surface area contributed by atoms with Crippen LogP contribution in [-0.2, 0) is 11.2 Å². The number of hydrogen-bond donors (Lipinski definition) is 1. The predicted molar refractivity (Wildman–Crippen MR) is 88.1 cm³/mol. The molecule has 116 valence electrons. The van der Waals surface area contributed by atoms with Gasteiger partial charge in [-0.2, -0.15) is 0 Å². The second-order valence-corrected chi connectivity index (χ2v) is 5.96. The summed E-state index contributed by atoms with van der Waals surface area (Å²) in [7, 11) is 0. The highest BCUT2D eigenvalue weighted by Gasteiger charge is 2.20. The van der Waals surface area contributed by atoms with Crippen LogP contribution in [0.4, 0.5) is 0 Å². The molecule has 0 aromatic heterocycles. The quantitative estimate of drug-likeness (QED) is 0.860. The minimum Gasteiger partial charge on any atom is -0.478 e. The summed E-state index contributed by atoms with van der Waals surface area (Å²) in [4.78, 5) is 11.4. The SMILES string of the molecule is Cc1cc(OC(Cc2ccc(C)c(Cl)c2)C(=O)O)ccc1Cl. The van der Waals surface area contributed by atoms with Crippen molar-refractivity contribution >= 4 is 29.2 Å². The third kappa shape index (κ3) is 4.15. The van der Waals surface area contributed by atoms with Crippen molar-refractivity contribution in [3.8, 4) is 5.75 Å². The number of benzene rings is 2. The third-order valence-corrected chi connectivity index (χ3v) is 4.17. The summed E-state index contributed by atoms with van der Waals surface area (Å²) in [5.41, 5.74) is 2.60. The molecule has 0 saturated heterocycles. The Morgan fingerprint density at radius 3 is 2.41 bits per heavy atom. The van der Waals surface area contributed by atoms with Gasteiger partial charge >= 0.3 is 5.97 Å². The van der Waals surface area contributed by atoms with Crippen LogP contribution in [0.2, 0.25) is 10.0 Å². The molecule has 3 nitrogen and oxygen atoms in total. The van der Waals surface area contributed by atoms with Gasteiger partial charge in [-0.15, -0.1) is 0 Å². The number of aryl methyl sites for hydroxylation is 2. The van der Waals surface area contributed by atoms with Crippen LogP contribution < -0.4 is 4.74 Å². The summed E-state index contributed by atoms with van der Waals surface area (Å²) in [6, 6.07) is 10.6. The van der Waals surface area contributed by atoms with Crippen LogP contribution in [0.15, 0.2) is 36.4 Å². The van der Waals surface area contributed by atoms with E-state index < -0.39 is 12.1 Å². The van der Waals surface area contributed by atoms with Gasteiger partial charge in [-0.05, 0) is 54.8 Å². The van der Waals surface area contributed by atoms with E-state index in [0.29, 0.717) is 15.8 Å². The molecule has 0 fully saturated rings. The van der Waals surface area contributed by atoms with Crippen LogP contribution in [0.3, 0.4) is 0 Å². The largest absolute Gasteiger partial charge is 0.478 e. The van der Waals surface area contributed by atoms with Gasteiger partial charge in [-0.3, -0.25) is 0 Å². The van der Waals surface area contributed by atoms with Crippen molar-refractivity contribution in [3.63, 3.8) is 0 Å². The molecule has 0 spiro atoms. The van der Waals surface area contributed by atoms with Crippen LogP contribution >= 0.6 is 23.2 Å². The lowest BCUT2D eigenvalue weighted by molar-refractivity contribution is -0.145. The molecule has 0 aliphatic carbocycles. The lowest BCUT2D eigenvalue weighted by Crippen LogP contribution is -2.29. The van der Waals surface area contributed by atoms with Gasteiger partial charge in [-0.25, -0.2) is 4.79 Å². The van der Waals surface area contributed by atoms with Gasteiger partial charge in [-0.1, -0.05) is 35.3 Å². The number of rotatable bonds is 5. The first-order valence-corrected chi connectivity index (χ1v) is 7.53. The van der Waals surface area contributed by atoms with Crippen molar-refractivity contribution in [2.75, 3.05) is 0 Å². The van der Waals surface area contributed by atoms with E-state index in [4.69, 9.17) is 27.9 Å². The average Bonchev–Trinajstić information content (AvgIpc) is 2.46. The molecular weight excluding hydrogens is 323 g/mol. The molecule has 1 unspecified atom stereocenters. The molecule has 5 heteroatoms. The first kappa shape index (κ1) is 16.7. The van der Waals surface area contributed by atoms with Crippen LogP contribution in [0, 0.1) is 13.8 Å². The third-order valence-electron chi connectivity index (χ3n) is 3.34. The predicted octanol–water partition coefficient (Wildman–Crippen LogP) is 4.68. The summed E-state index contributed by atoms with van der Waals surface area (Å²) in [5, 5.41) is 10.6. The van der Waals surface area contributed by atoms with Crippen molar-refractivity contribution in [2.45, 2.75) is 26.4 Å². The molecule has 0 amide bonds. The Balaban J connectivity index is 2.17. The molecule has 2 rings (SSSR count). The molecule has 0 aliphatic heterocycles. The smallest absolute Gasteiger partial charge is 0.345 e. The van der Waals surface area contributed by atoms with Gasteiger partial charge in [0.05, 0.1) is 0 Å². The second kappa shape index (κ2) is 7.03. The van der Waals surface area contributed by atoms with Crippen molar-refractivity contribution in [1.29, 1.82) is 0 Å². The van der Waals surface area contributed by atoms with Gasteiger partial charge in [0.1, 0.15) is 5.75 Å². The van der Waals surface area contributed by atoms with Gasteiger partial charge in [0.2, 0.25) is 0 Å². The summed E-state index contributed by atoms with van der Waals surface area (Å²) >= 11 is 12.0. The Morgan fingerprint density at radius 1 is 1.09 bits per heavy atom. The Morgan fingerprint density at radius 2 is 1.82 bits per heavy atom. The average molecular weight is 339 g/mol. The Hall–Kier alpha value is -1.71. The zero-order valence-corrected chi connectivity index (χ0v) is 13.8. The van der Waals surface area contributed by atoms with Crippen LogP contribution in [0.1, 0.15) is 16.7 Å². The van der Waals surface area contributed by atoms with E-state index >= 15 is 0 Å². The Bertz CT molecular complexity index is 645. The fourth-order valence-corrected chi connectivity index (χ4v) is 2.33. The minimum absolute atomic E-state index is 0.233. The van der Waals surface area contributed by atoms with E-state index in [1.54, 1.807) is 24.3 Å². The van der Waals surface area contributed by atoms with Crippen molar-refractivity contribution in [3.05, 3.63) is 63.1 Å². The van der Waals surface area contributed by atoms with E-state index in [2.05, 4.69) is 0 Å². The standard InChI is InChI=1S/C17H16Cl2O3/c1-10-3-4-12(8-15(10)19)9-16(17(20)21)22-13-5-6-14(18)11(2)7-13/h3-8,16H,9H2,1-2H3,(H,20,21). The molecule has 22 heavy (non-hydrogen) atoms. The highest BCUT2D eigenvalue weighted by molar-refractivity contribution is 6.31. The maximum absolute atomic E-state index is 11.4. The number of aliphatic carboxylic acids is 1. The Kier molecular flexibility index (Phi) is 5.33. The van der Waals surface area contributed by atoms with Gasteiger partial charge in [0.15, 0.2) is 6.10 Å². The van der Waals surface area contributed by atoms with E-state index in [0.717, 1.165) is 16.7 Å². The monoisotopic (exact) mass is 338 g/mol. The van der Waals surface area contributed by atoms with Gasteiger partial charge < -0.3 is 9.84 Å². The van der Waals surface area contributed by atoms with E-state index in [9.17, 15) is 9.90 Å². The molecule has 2 aromatic carbocycles. The number of halogens is 2. The molecular formula is C17H16Cl2O3. The van der Waals surface area contributed by atoms with Crippen LogP contribution in [-0.4, -0.2) is 17.2 Å². The lowest BCUT2D eigenvalue weighted by atomic mass is 10.1. The van der Waals surface area contributed by atoms with E-state index in [1.807, 2.05) is 26.0 Å². The topological polar surface area (TPSA) is 46.5 Å². The maximum Gasteiger partial charge on any atom is 0.345 e. The minimum atomic E-state index is -1.02. The van der Waals surface area contributed by atoms with Crippen molar-refractivity contribution < 1.29 is 14.6 Å². The molecule has 0 radical (unpaired) electrons. The van der Waals surface area contributed by atoms with Crippen LogP contribution in [0.5, 0.6) is 5.75 Å². The fraction of sp³-hybridized carbons (Fsp3) is 0.235. The summed E-state index contributed by atoms with van der Waals surface area (Å²) in [5.74, 6) is -0.545. The highest BCUT2D eigenvalue weighted by Crippen LogP contribution is 2.23. The van der Waals surface area contributed by atoms with Crippen LogP contribution in [0.25, 0.3) is 0 Å². The second-order valence-electron chi connectivity index (χ2n) is 5.14. The van der Waals surface area contributed by atoms with Gasteiger partial charge in [0.25, 0.3) is 0 Å². The summed E-state index contributed by atoms with van der Waals surface area (Å²) in [6.07, 6.45) is -0.754. The van der Waals surface area contributed by atoms with E-state index in [-0.39, 0.29) is 6.42 Å². The van der Waals surface area contributed by atoms with Crippen molar-refractivity contribution in [1.82, 2.24) is 0 Å². The Labute approximate surface area is 139 Å². The van der Waals surface area contributed by atoms with Crippen molar-refractivity contribution in [2.24, 2.45) is 0 Å². The number of carboxylic acid groups (broad SMARTS) is 1. The molecule has 0 heterocycles. The van der Waals surface area contributed by atoms with Gasteiger partial charge in [0, 0.05) is 16.5 Å². The molecule has 0 aliphatic rings. The van der Waals surface area contributed by atoms with E-state index in [1.165, 1.54) is 0 Å². The number of hydrogen-bond acceptors (Lipinski definition) is 2. The summed E-state index contributed by atoms with van der Waals surface area (Å²) in [6.45, 7) is 3.73. The lowest BCUT2D eigenvalue weighted by Gasteiger charge is -2.16. The zero-order valence-electron chi connectivity index (χ0n) is 12.3. The first-order chi connectivity index (χ1) is 10.4. The molecule has 2 aromatic rings. The fourth-order valence-electron chi connectivity index (χ4n) is 2.01.